The van der Waals surface area contributed by atoms with Crippen molar-refractivity contribution >= 4 is 5.69 Å². The summed E-state index contributed by atoms with van der Waals surface area (Å²) in [5.74, 6) is 0. The Morgan fingerprint density at radius 1 is 1.38 bits per heavy atom. The van der Waals surface area contributed by atoms with Crippen LogP contribution in [0.3, 0.4) is 0 Å². The van der Waals surface area contributed by atoms with Crippen LogP contribution in [-0.2, 0) is 11.2 Å². The maximum atomic E-state index is 4.99. The third kappa shape index (κ3) is 2.46. The van der Waals surface area contributed by atoms with E-state index in [1.165, 1.54) is 16.8 Å². The van der Waals surface area contributed by atoms with Crippen LogP contribution in [0.2, 0.25) is 0 Å². The van der Waals surface area contributed by atoms with Crippen LogP contribution in [-0.4, -0.2) is 13.8 Å². The zero-order valence-electron chi connectivity index (χ0n) is 8.55. The van der Waals surface area contributed by atoms with Crippen molar-refractivity contribution in [2.75, 3.05) is 19.2 Å². The monoisotopic (exact) mass is 179 g/mol. The minimum atomic E-state index is 0.567. The van der Waals surface area contributed by atoms with Crippen LogP contribution in [0.1, 0.15) is 18.1 Å². The molecule has 1 aromatic carbocycles. The van der Waals surface area contributed by atoms with Gasteiger partial charge in [0.1, 0.15) is 6.73 Å². The molecule has 0 aliphatic rings. The van der Waals surface area contributed by atoms with Gasteiger partial charge < -0.3 is 10.1 Å². The number of methoxy groups -OCH3 is 1. The van der Waals surface area contributed by atoms with E-state index in [9.17, 15) is 0 Å². The Kier molecular flexibility index (Phi) is 3.77. The summed E-state index contributed by atoms with van der Waals surface area (Å²) in [6, 6.07) is 6.34. The molecule has 0 spiro atoms. The molecule has 0 unspecified atom stereocenters. The van der Waals surface area contributed by atoms with Gasteiger partial charge in [0.15, 0.2) is 0 Å². The molecule has 0 amide bonds. The van der Waals surface area contributed by atoms with Crippen LogP contribution in [0.25, 0.3) is 0 Å². The highest BCUT2D eigenvalue weighted by Gasteiger charge is 2.01. The topological polar surface area (TPSA) is 21.3 Å². The fourth-order valence-electron chi connectivity index (χ4n) is 1.42. The molecule has 0 fully saturated rings. The van der Waals surface area contributed by atoms with Gasteiger partial charge in [-0.3, -0.25) is 0 Å². The first kappa shape index (κ1) is 10.1. The van der Waals surface area contributed by atoms with Gasteiger partial charge in [-0.15, -0.1) is 0 Å². The van der Waals surface area contributed by atoms with Gasteiger partial charge in [-0.05, 0) is 24.5 Å². The quantitative estimate of drug-likeness (QED) is 0.717. The van der Waals surface area contributed by atoms with E-state index in [1.54, 1.807) is 7.11 Å². The fraction of sp³-hybridized carbons (Fsp3) is 0.455. The average Bonchev–Trinajstić information content (AvgIpc) is 2.15. The summed E-state index contributed by atoms with van der Waals surface area (Å²) in [7, 11) is 1.69. The van der Waals surface area contributed by atoms with Crippen molar-refractivity contribution in [1.29, 1.82) is 0 Å². The van der Waals surface area contributed by atoms with Gasteiger partial charge in [0.05, 0.1) is 0 Å². The lowest BCUT2D eigenvalue weighted by molar-refractivity contribution is 0.221. The first-order chi connectivity index (χ1) is 6.29. The van der Waals surface area contributed by atoms with Gasteiger partial charge in [-0.25, -0.2) is 0 Å². The number of aryl methyl sites for hydroxylation is 2. The Morgan fingerprint density at radius 2 is 2.15 bits per heavy atom. The minimum absolute atomic E-state index is 0.567. The third-order valence-corrected chi connectivity index (χ3v) is 2.13. The van der Waals surface area contributed by atoms with Crippen molar-refractivity contribution in [3.8, 4) is 0 Å². The molecule has 2 heteroatoms. The Morgan fingerprint density at radius 3 is 2.77 bits per heavy atom. The standard InChI is InChI=1S/C11H17NO/c1-4-10-7-5-6-9(2)11(10)12-8-13-3/h5-7,12H,4,8H2,1-3H3. The highest BCUT2D eigenvalue weighted by atomic mass is 16.5. The number of nitrogens with one attached hydrogen (secondary N) is 1. The predicted molar refractivity (Wildman–Crippen MR) is 56.1 cm³/mol. The first-order valence-corrected chi connectivity index (χ1v) is 4.61. The number of anilines is 1. The van der Waals surface area contributed by atoms with Gasteiger partial charge in [0.2, 0.25) is 0 Å². The van der Waals surface area contributed by atoms with Crippen molar-refractivity contribution < 1.29 is 4.74 Å². The summed E-state index contributed by atoms with van der Waals surface area (Å²) in [6.45, 7) is 4.84. The molecule has 0 heterocycles. The van der Waals surface area contributed by atoms with E-state index in [2.05, 4.69) is 37.4 Å². The summed E-state index contributed by atoms with van der Waals surface area (Å²) >= 11 is 0. The lowest BCUT2D eigenvalue weighted by Gasteiger charge is -2.12. The molecule has 72 valence electrons. The molecule has 0 radical (unpaired) electrons. The largest absolute Gasteiger partial charge is 0.365 e. The molecular weight excluding hydrogens is 162 g/mol. The predicted octanol–water partition coefficient (Wildman–Crippen LogP) is 2.57. The molecule has 0 saturated carbocycles. The molecule has 0 bridgehead atoms. The maximum Gasteiger partial charge on any atom is 0.116 e. The van der Waals surface area contributed by atoms with E-state index in [1.807, 2.05) is 0 Å². The number of para-hydroxylation sites is 1. The number of ether oxygens (including phenoxy) is 1. The van der Waals surface area contributed by atoms with Gasteiger partial charge in [0.25, 0.3) is 0 Å². The molecule has 2 nitrogen and oxygen atoms in total. The van der Waals surface area contributed by atoms with Crippen LogP contribution in [0.5, 0.6) is 0 Å². The zero-order valence-corrected chi connectivity index (χ0v) is 8.55. The Labute approximate surface area is 79.9 Å². The second kappa shape index (κ2) is 4.87. The van der Waals surface area contributed by atoms with E-state index < -0.39 is 0 Å². The average molecular weight is 179 g/mol. The normalized spacial score (nSPS) is 10.1. The molecule has 1 rings (SSSR count). The van der Waals surface area contributed by atoms with Crippen molar-refractivity contribution in [2.45, 2.75) is 20.3 Å². The summed E-state index contributed by atoms with van der Waals surface area (Å²) in [6.07, 6.45) is 1.05. The lowest BCUT2D eigenvalue weighted by Crippen LogP contribution is -2.06. The first-order valence-electron chi connectivity index (χ1n) is 4.61. The lowest BCUT2D eigenvalue weighted by atomic mass is 10.1. The van der Waals surface area contributed by atoms with Crippen molar-refractivity contribution in [1.82, 2.24) is 0 Å². The van der Waals surface area contributed by atoms with Crippen LogP contribution in [0.4, 0.5) is 5.69 Å². The van der Waals surface area contributed by atoms with Crippen LogP contribution in [0, 0.1) is 6.92 Å². The molecule has 13 heavy (non-hydrogen) atoms. The Hall–Kier alpha value is -1.02. The molecule has 0 aliphatic carbocycles. The van der Waals surface area contributed by atoms with Crippen LogP contribution >= 0.6 is 0 Å². The minimum Gasteiger partial charge on any atom is -0.365 e. The second-order valence-corrected chi connectivity index (χ2v) is 3.07. The summed E-state index contributed by atoms with van der Waals surface area (Å²) in [5, 5.41) is 3.26. The van der Waals surface area contributed by atoms with Gasteiger partial charge in [-0.1, -0.05) is 25.1 Å². The smallest absolute Gasteiger partial charge is 0.116 e. The number of benzene rings is 1. The molecule has 1 aromatic rings. The summed E-state index contributed by atoms with van der Waals surface area (Å²) in [4.78, 5) is 0. The Bertz CT molecular complexity index is 271. The number of hydrogen-bond acceptors (Lipinski definition) is 2. The molecule has 1 N–H and O–H groups in total. The molecular formula is C11H17NO. The zero-order chi connectivity index (χ0) is 9.68. The number of rotatable bonds is 4. The van der Waals surface area contributed by atoms with E-state index >= 15 is 0 Å². The van der Waals surface area contributed by atoms with Crippen LogP contribution in [0.15, 0.2) is 18.2 Å². The maximum absolute atomic E-state index is 4.99. The third-order valence-electron chi connectivity index (χ3n) is 2.13. The van der Waals surface area contributed by atoms with E-state index in [4.69, 9.17) is 4.74 Å². The fourth-order valence-corrected chi connectivity index (χ4v) is 1.42. The molecule has 0 aromatic heterocycles. The molecule has 0 saturated heterocycles. The highest BCUT2D eigenvalue weighted by molar-refractivity contribution is 5.56. The van der Waals surface area contributed by atoms with E-state index in [-0.39, 0.29) is 0 Å². The molecule has 0 aliphatic heterocycles. The van der Waals surface area contributed by atoms with Gasteiger partial charge >= 0.3 is 0 Å². The van der Waals surface area contributed by atoms with Gasteiger partial charge in [0, 0.05) is 12.8 Å². The highest BCUT2D eigenvalue weighted by Crippen LogP contribution is 2.20. The van der Waals surface area contributed by atoms with Gasteiger partial charge in [-0.2, -0.15) is 0 Å². The summed E-state index contributed by atoms with van der Waals surface area (Å²) in [5.41, 5.74) is 3.83. The van der Waals surface area contributed by atoms with Crippen molar-refractivity contribution in [3.63, 3.8) is 0 Å². The van der Waals surface area contributed by atoms with Crippen molar-refractivity contribution in [3.05, 3.63) is 29.3 Å². The van der Waals surface area contributed by atoms with Crippen LogP contribution < -0.4 is 5.32 Å². The Balaban J connectivity index is 2.87. The summed E-state index contributed by atoms with van der Waals surface area (Å²) < 4.78 is 4.99. The number of hydrogen-bond donors (Lipinski definition) is 1. The molecule has 0 atom stereocenters. The second-order valence-electron chi connectivity index (χ2n) is 3.07. The van der Waals surface area contributed by atoms with E-state index in [0.717, 1.165) is 6.42 Å². The van der Waals surface area contributed by atoms with E-state index in [0.29, 0.717) is 6.73 Å². The van der Waals surface area contributed by atoms with Crippen molar-refractivity contribution in [2.24, 2.45) is 0 Å². The SMILES string of the molecule is CCc1cccc(C)c1NCOC.